The molecule has 0 aliphatic carbocycles. The average Bonchev–Trinajstić information content (AvgIpc) is 2.41. The van der Waals surface area contributed by atoms with Crippen LogP contribution in [0.3, 0.4) is 0 Å². The molecular formula is C12H15ClN2O4. The molecule has 7 heteroatoms. The first-order chi connectivity index (χ1) is 8.95. The minimum Gasteiger partial charge on any atom is -0.393 e. The van der Waals surface area contributed by atoms with Crippen molar-refractivity contribution in [1.82, 2.24) is 9.88 Å². The van der Waals surface area contributed by atoms with Crippen LogP contribution in [0.1, 0.15) is 23.2 Å². The molecule has 1 aliphatic rings. The number of carbonyl (C=O) groups is 1. The minimum absolute atomic E-state index is 0.0553. The number of aromatic amines is 1. The molecule has 1 atom stereocenters. The molecule has 1 saturated heterocycles. The molecule has 1 fully saturated rings. The van der Waals surface area contributed by atoms with Gasteiger partial charge in [0.25, 0.3) is 11.5 Å². The summed E-state index contributed by atoms with van der Waals surface area (Å²) in [5.74, 6) is -0.329. The van der Waals surface area contributed by atoms with Gasteiger partial charge < -0.3 is 20.1 Å². The van der Waals surface area contributed by atoms with E-state index in [-0.39, 0.29) is 29.6 Å². The molecule has 0 bridgehead atoms. The maximum Gasteiger partial charge on any atom is 0.266 e. The Bertz CT molecular complexity index is 545. The number of likely N-dealkylation sites (tertiary alicyclic amines) is 1. The van der Waals surface area contributed by atoms with Gasteiger partial charge >= 0.3 is 0 Å². The molecule has 0 spiro atoms. The third-order valence-corrected chi connectivity index (χ3v) is 3.52. The Morgan fingerprint density at radius 1 is 1.58 bits per heavy atom. The molecular weight excluding hydrogens is 272 g/mol. The van der Waals surface area contributed by atoms with Crippen LogP contribution < -0.4 is 5.56 Å². The van der Waals surface area contributed by atoms with E-state index in [0.717, 1.165) is 0 Å². The van der Waals surface area contributed by atoms with E-state index in [4.69, 9.17) is 16.7 Å². The molecule has 1 aromatic rings. The van der Waals surface area contributed by atoms with Gasteiger partial charge in [-0.1, -0.05) is 11.6 Å². The number of aliphatic hydroxyl groups is 2. The summed E-state index contributed by atoms with van der Waals surface area (Å²) < 4.78 is 0. The highest BCUT2D eigenvalue weighted by Crippen LogP contribution is 2.22. The molecule has 6 nitrogen and oxygen atoms in total. The van der Waals surface area contributed by atoms with Gasteiger partial charge in [-0.2, -0.15) is 0 Å². The van der Waals surface area contributed by atoms with Gasteiger partial charge in [-0.25, -0.2) is 0 Å². The van der Waals surface area contributed by atoms with Gasteiger partial charge in [0.15, 0.2) is 0 Å². The highest BCUT2D eigenvalue weighted by atomic mass is 35.5. The molecule has 2 rings (SSSR count). The normalized spacial score (nSPS) is 23.4. The summed E-state index contributed by atoms with van der Waals surface area (Å²) in [7, 11) is 0. The lowest BCUT2D eigenvalue weighted by Crippen LogP contribution is -2.52. The molecule has 1 aromatic heterocycles. The van der Waals surface area contributed by atoms with Crippen LogP contribution >= 0.6 is 11.6 Å². The predicted octanol–water partition coefficient (Wildman–Crippen LogP) is -0.0123. The Kier molecular flexibility index (Phi) is 3.93. The standard InChI is InChI=1S/C12H15ClN2O4/c13-9-4-8(5-14-10(9)17)11(18)15-3-1-2-12(19,6-15)7-16/h4-5,16,19H,1-3,6-7H2,(H,14,17). The van der Waals surface area contributed by atoms with Gasteiger partial charge in [0, 0.05) is 12.7 Å². The number of pyridine rings is 1. The quantitative estimate of drug-likeness (QED) is 0.713. The van der Waals surface area contributed by atoms with Gasteiger partial charge in [-0.05, 0) is 18.9 Å². The van der Waals surface area contributed by atoms with Crippen molar-refractivity contribution in [2.24, 2.45) is 0 Å². The Hall–Kier alpha value is -1.37. The molecule has 0 aromatic carbocycles. The number of nitrogens with zero attached hydrogens (tertiary/aromatic N) is 1. The van der Waals surface area contributed by atoms with Crippen molar-refractivity contribution < 1.29 is 15.0 Å². The number of hydrogen-bond donors (Lipinski definition) is 3. The number of halogens is 1. The van der Waals surface area contributed by atoms with Crippen molar-refractivity contribution in [2.45, 2.75) is 18.4 Å². The van der Waals surface area contributed by atoms with Gasteiger partial charge in [0.1, 0.15) is 10.6 Å². The van der Waals surface area contributed by atoms with Crippen LogP contribution in [0, 0.1) is 0 Å². The molecule has 104 valence electrons. The average molecular weight is 287 g/mol. The van der Waals surface area contributed by atoms with Crippen LogP contribution in [0.15, 0.2) is 17.1 Å². The minimum atomic E-state index is -1.25. The molecule has 1 unspecified atom stereocenters. The Labute approximate surface area is 114 Å². The second kappa shape index (κ2) is 5.32. The van der Waals surface area contributed by atoms with Crippen molar-refractivity contribution in [3.05, 3.63) is 33.2 Å². The fourth-order valence-corrected chi connectivity index (χ4v) is 2.35. The third kappa shape index (κ3) is 2.97. The highest BCUT2D eigenvalue weighted by Gasteiger charge is 2.34. The topological polar surface area (TPSA) is 93.6 Å². The van der Waals surface area contributed by atoms with E-state index >= 15 is 0 Å². The third-order valence-electron chi connectivity index (χ3n) is 3.24. The Morgan fingerprint density at radius 2 is 2.32 bits per heavy atom. The lowest BCUT2D eigenvalue weighted by Gasteiger charge is -2.38. The molecule has 1 amide bonds. The largest absolute Gasteiger partial charge is 0.393 e. The fraction of sp³-hybridized carbons (Fsp3) is 0.500. The van der Waals surface area contributed by atoms with E-state index < -0.39 is 11.2 Å². The summed E-state index contributed by atoms with van der Waals surface area (Å²) in [6.45, 7) is 0.181. The summed E-state index contributed by atoms with van der Waals surface area (Å²) in [6.07, 6.45) is 2.36. The molecule has 2 heterocycles. The lowest BCUT2D eigenvalue weighted by atomic mass is 9.93. The monoisotopic (exact) mass is 286 g/mol. The van der Waals surface area contributed by atoms with Crippen molar-refractivity contribution in [1.29, 1.82) is 0 Å². The van der Waals surface area contributed by atoms with Crippen molar-refractivity contribution >= 4 is 17.5 Å². The number of rotatable bonds is 2. The van der Waals surface area contributed by atoms with Gasteiger partial charge in [0.05, 0.1) is 18.7 Å². The first kappa shape index (κ1) is 14.0. The van der Waals surface area contributed by atoms with Crippen LogP contribution in [0.25, 0.3) is 0 Å². The zero-order valence-corrected chi connectivity index (χ0v) is 11.0. The van der Waals surface area contributed by atoms with Gasteiger partial charge in [-0.15, -0.1) is 0 Å². The van der Waals surface area contributed by atoms with Crippen molar-refractivity contribution in [2.75, 3.05) is 19.7 Å². The van der Waals surface area contributed by atoms with Crippen LogP contribution in [0.2, 0.25) is 5.02 Å². The molecule has 0 saturated carbocycles. The van der Waals surface area contributed by atoms with Crippen LogP contribution in [0.4, 0.5) is 0 Å². The summed E-state index contributed by atoms with van der Waals surface area (Å²) in [6, 6.07) is 1.30. The first-order valence-electron chi connectivity index (χ1n) is 5.96. The number of carbonyl (C=O) groups excluding carboxylic acids is 1. The van der Waals surface area contributed by atoms with E-state index in [0.29, 0.717) is 19.4 Å². The summed E-state index contributed by atoms with van der Waals surface area (Å²) >= 11 is 5.68. The number of aliphatic hydroxyl groups excluding tert-OH is 1. The molecule has 0 radical (unpaired) electrons. The van der Waals surface area contributed by atoms with Gasteiger partial charge in [0.2, 0.25) is 0 Å². The maximum absolute atomic E-state index is 12.2. The Morgan fingerprint density at radius 3 is 2.95 bits per heavy atom. The summed E-state index contributed by atoms with van der Waals surface area (Å²) in [5, 5.41) is 19.1. The van der Waals surface area contributed by atoms with Crippen molar-refractivity contribution in [3.63, 3.8) is 0 Å². The second-order valence-electron chi connectivity index (χ2n) is 4.78. The number of piperidine rings is 1. The van der Waals surface area contributed by atoms with E-state index in [1.54, 1.807) is 0 Å². The van der Waals surface area contributed by atoms with E-state index in [9.17, 15) is 14.7 Å². The number of H-pyrrole nitrogens is 1. The van der Waals surface area contributed by atoms with Crippen LogP contribution in [-0.2, 0) is 0 Å². The summed E-state index contributed by atoms with van der Waals surface area (Å²) in [4.78, 5) is 27.2. The first-order valence-corrected chi connectivity index (χ1v) is 6.34. The number of amides is 1. The summed E-state index contributed by atoms with van der Waals surface area (Å²) in [5.41, 5.74) is -1.45. The number of β-amino-alcohol motifs (C(OH)–C–C–N with tert-alkyl or cyclic N) is 1. The fourth-order valence-electron chi connectivity index (χ4n) is 2.18. The van der Waals surface area contributed by atoms with E-state index in [1.807, 2.05) is 0 Å². The SMILES string of the molecule is O=C(c1c[nH]c(=O)c(Cl)c1)N1CCCC(O)(CO)C1. The van der Waals surface area contributed by atoms with Crippen LogP contribution in [-0.4, -0.2) is 51.3 Å². The highest BCUT2D eigenvalue weighted by molar-refractivity contribution is 6.30. The van der Waals surface area contributed by atoms with E-state index in [1.165, 1.54) is 17.2 Å². The van der Waals surface area contributed by atoms with Crippen LogP contribution in [0.5, 0.6) is 0 Å². The zero-order valence-electron chi connectivity index (χ0n) is 10.2. The lowest BCUT2D eigenvalue weighted by molar-refractivity contribution is -0.0598. The zero-order chi connectivity index (χ0) is 14.0. The second-order valence-corrected chi connectivity index (χ2v) is 5.19. The van der Waals surface area contributed by atoms with Gasteiger partial charge in [-0.3, -0.25) is 9.59 Å². The van der Waals surface area contributed by atoms with Crippen molar-refractivity contribution in [3.8, 4) is 0 Å². The maximum atomic E-state index is 12.2. The number of aromatic nitrogens is 1. The molecule has 3 N–H and O–H groups in total. The molecule has 1 aliphatic heterocycles. The Balaban J connectivity index is 2.19. The smallest absolute Gasteiger partial charge is 0.266 e. The number of nitrogens with one attached hydrogen (secondary N) is 1. The van der Waals surface area contributed by atoms with E-state index in [2.05, 4.69) is 4.98 Å². The predicted molar refractivity (Wildman–Crippen MR) is 69.2 cm³/mol. The molecule has 19 heavy (non-hydrogen) atoms. The number of hydrogen-bond acceptors (Lipinski definition) is 4.